The molecule has 1 aliphatic heterocycles. The third-order valence-electron chi connectivity index (χ3n) is 3.31. The maximum atomic E-state index is 11.4. The lowest BCUT2D eigenvalue weighted by Gasteiger charge is -2.12. The molecule has 0 spiro atoms. The van der Waals surface area contributed by atoms with Crippen LogP contribution in [0.15, 0.2) is 24.5 Å². The number of hydrogen-bond donors (Lipinski definition) is 2. The number of carbonyl (C=O) groups excluding carboxylic acids is 2. The number of Topliss-reactive ketones (excluding diaryl/α,β-unsaturated/α-hetero) is 1. The molecule has 0 saturated carbocycles. The summed E-state index contributed by atoms with van der Waals surface area (Å²) in [5.41, 5.74) is 0.464. The number of nitrogens with zero attached hydrogens (tertiary/aromatic N) is 1. The Morgan fingerprint density at radius 3 is 2.67 bits per heavy atom. The molecule has 2 rings (SSSR count). The van der Waals surface area contributed by atoms with E-state index in [1.54, 1.807) is 18.3 Å². The second kappa shape index (κ2) is 6.30. The van der Waals surface area contributed by atoms with Crippen molar-refractivity contribution in [2.45, 2.75) is 38.4 Å². The summed E-state index contributed by atoms with van der Waals surface area (Å²) in [4.78, 5) is 22.2. The second-order valence-corrected chi connectivity index (χ2v) is 4.94. The molecule has 7 heteroatoms. The van der Waals surface area contributed by atoms with Gasteiger partial charge in [0.1, 0.15) is 18.8 Å². The number of pyridine rings is 1. The normalized spacial score (nSPS) is 28.4. The SMILES string of the molecule is CC(=O)OC[C@H]1O[C@@H]([n+]2cccc(C(C)=O)c2)[C@@H](O)C1O. The van der Waals surface area contributed by atoms with Gasteiger partial charge in [0.2, 0.25) is 0 Å². The highest BCUT2D eigenvalue weighted by atomic mass is 16.6. The van der Waals surface area contributed by atoms with Crippen molar-refractivity contribution in [1.82, 2.24) is 0 Å². The summed E-state index contributed by atoms with van der Waals surface area (Å²) in [7, 11) is 0. The minimum absolute atomic E-state index is 0.117. The van der Waals surface area contributed by atoms with E-state index in [-0.39, 0.29) is 12.4 Å². The van der Waals surface area contributed by atoms with Crippen molar-refractivity contribution < 1.29 is 33.8 Å². The highest BCUT2D eigenvalue weighted by Crippen LogP contribution is 2.25. The average molecular weight is 296 g/mol. The molecule has 1 aromatic rings. The van der Waals surface area contributed by atoms with Gasteiger partial charge in [0.05, 0.1) is 5.56 Å². The summed E-state index contributed by atoms with van der Waals surface area (Å²) in [5.74, 6) is -0.608. The van der Waals surface area contributed by atoms with E-state index in [0.29, 0.717) is 5.56 Å². The van der Waals surface area contributed by atoms with E-state index >= 15 is 0 Å². The molecule has 2 heterocycles. The largest absolute Gasteiger partial charge is 0.463 e. The van der Waals surface area contributed by atoms with Crippen molar-refractivity contribution in [2.75, 3.05) is 6.61 Å². The number of hydrogen-bond acceptors (Lipinski definition) is 6. The van der Waals surface area contributed by atoms with E-state index in [9.17, 15) is 19.8 Å². The van der Waals surface area contributed by atoms with E-state index in [1.807, 2.05) is 0 Å². The maximum absolute atomic E-state index is 11.4. The fourth-order valence-corrected chi connectivity index (χ4v) is 2.17. The van der Waals surface area contributed by atoms with Gasteiger partial charge in [-0.2, -0.15) is 4.57 Å². The van der Waals surface area contributed by atoms with Crippen LogP contribution in [0.2, 0.25) is 0 Å². The van der Waals surface area contributed by atoms with Crippen LogP contribution in [0.5, 0.6) is 0 Å². The van der Waals surface area contributed by atoms with Crippen molar-refractivity contribution in [3.05, 3.63) is 30.1 Å². The van der Waals surface area contributed by atoms with Crippen LogP contribution in [0.4, 0.5) is 0 Å². The van der Waals surface area contributed by atoms with Gasteiger partial charge in [-0.05, 0) is 13.0 Å². The standard InChI is InChI=1S/C14H18NO6/c1-8(16)10-4-3-5-15(6-10)14-13(19)12(18)11(21-14)7-20-9(2)17/h3-6,11-14,18-19H,7H2,1-2H3/q+1/t11-,12?,13+,14-/m1/s1. The first-order valence-electron chi connectivity index (χ1n) is 6.57. The van der Waals surface area contributed by atoms with Gasteiger partial charge in [0.15, 0.2) is 24.3 Å². The van der Waals surface area contributed by atoms with Crippen LogP contribution >= 0.6 is 0 Å². The van der Waals surface area contributed by atoms with Crippen molar-refractivity contribution in [3.8, 4) is 0 Å². The highest BCUT2D eigenvalue weighted by Gasteiger charge is 2.48. The molecule has 2 N–H and O–H groups in total. The molecule has 1 unspecified atom stereocenters. The first kappa shape index (κ1) is 15.6. The third-order valence-corrected chi connectivity index (χ3v) is 3.31. The van der Waals surface area contributed by atoms with Gasteiger partial charge in [-0.25, -0.2) is 0 Å². The molecule has 7 nitrogen and oxygen atoms in total. The van der Waals surface area contributed by atoms with Gasteiger partial charge in [-0.15, -0.1) is 0 Å². The molecule has 114 valence electrons. The van der Waals surface area contributed by atoms with Crippen LogP contribution in [-0.4, -0.2) is 46.9 Å². The number of esters is 1. The number of aromatic nitrogens is 1. The van der Waals surface area contributed by atoms with Crippen LogP contribution in [0.1, 0.15) is 30.4 Å². The molecule has 0 bridgehead atoms. The first-order chi connectivity index (χ1) is 9.90. The molecular weight excluding hydrogens is 278 g/mol. The van der Waals surface area contributed by atoms with E-state index in [4.69, 9.17) is 9.47 Å². The number of aliphatic hydroxyl groups excluding tert-OH is 2. The van der Waals surface area contributed by atoms with Gasteiger partial charge >= 0.3 is 5.97 Å². The Balaban J connectivity index is 2.15. The third kappa shape index (κ3) is 3.44. The minimum Gasteiger partial charge on any atom is -0.463 e. The zero-order valence-corrected chi connectivity index (χ0v) is 11.8. The quantitative estimate of drug-likeness (QED) is 0.436. The molecule has 4 atom stereocenters. The van der Waals surface area contributed by atoms with Gasteiger partial charge < -0.3 is 19.7 Å². The smallest absolute Gasteiger partial charge is 0.302 e. The van der Waals surface area contributed by atoms with Crippen LogP contribution in [0, 0.1) is 0 Å². The maximum Gasteiger partial charge on any atom is 0.302 e. The molecule has 0 aliphatic carbocycles. The van der Waals surface area contributed by atoms with Crippen molar-refractivity contribution in [2.24, 2.45) is 0 Å². The van der Waals surface area contributed by atoms with Crippen LogP contribution in [0.25, 0.3) is 0 Å². The van der Waals surface area contributed by atoms with Crippen LogP contribution < -0.4 is 4.57 Å². The number of rotatable bonds is 4. The molecule has 1 fully saturated rings. The predicted octanol–water partition coefficient (Wildman–Crippen LogP) is -0.641. The first-order valence-corrected chi connectivity index (χ1v) is 6.57. The Morgan fingerprint density at radius 2 is 2.05 bits per heavy atom. The predicted molar refractivity (Wildman–Crippen MR) is 69.2 cm³/mol. The zero-order chi connectivity index (χ0) is 15.6. The molecule has 0 radical (unpaired) electrons. The monoisotopic (exact) mass is 296 g/mol. The Labute approximate surface area is 121 Å². The number of aliphatic hydroxyl groups is 2. The summed E-state index contributed by atoms with van der Waals surface area (Å²) in [6.45, 7) is 2.54. The fourth-order valence-electron chi connectivity index (χ4n) is 2.17. The second-order valence-electron chi connectivity index (χ2n) is 4.94. The Kier molecular flexibility index (Phi) is 4.66. The number of ether oxygens (including phenoxy) is 2. The molecule has 0 amide bonds. The molecule has 1 aromatic heterocycles. The Hall–Kier alpha value is -1.83. The summed E-state index contributed by atoms with van der Waals surface area (Å²) in [5, 5.41) is 20.0. The van der Waals surface area contributed by atoms with Crippen molar-refractivity contribution >= 4 is 11.8 Å². The lowest BCUT2D eigenvalue weighted by Crippen LogP contribution is -2.46. The number of carbonyl (C=O) groups is 2. The molecule has 1 aliphatic rings. The highest BCUT2D eigenvalue weighted by molar-refractivity contribution is 5.93. The van der Waals surface area contributed by atoms with Crippen molar-refractivity contribution in [1.29, 1.82) is 0 Å². The van der Waals surface area contributed by atoms with Gasteiger partial charge in [-0.1, -0.05) is 0 Å². The lowest BCUT2D eigenvalue weighted by atomic mass is 10.1. The molecule has 0 aromatic carbocycles. The topological polar surface area (TPSA) is 96.9 Å². The Bertz CT molecular complexity index is 546. The van der Waals surface area contributed by atoms with E-state index in [2.05, 4.69) is 0 Å². The number of ketones is 1. The van der Waals surface area contributed by atoms with Gasteiger partial charge in [0, 0.05) is 13.0 Å². The van der Waals surface area contributed by atoms with Gasteiger partial charge in [-0.3, -0.25) is 9.59 Å². The van der Waals surface area contributed by atoms with E-state index in [1.165, 1.54) is 24.6 Å². The van der Waals surface area contributed by atoms with Crippen LogP contribution in [-0.2, 0) is 14.3 Å². The van der Waals surface area contributed by atoms with E-state index in [0.717, 1.165) is 0 Å². The summed E-state index contributed by atoms with van der Waals surface area (Å²) < 4.78 is 11.8. The lowest BCUT2D eigenvalue weighted by molar-refractivity contribution is -0.765. The summed E-state index contributed by atoms with van der Waals surface area (Å²) >= 11 is 0. The van der Waals surface area contributed by atoms with Crippen LogP contribution in [0.3, 0.4) is 0 Å². The van der Waals surface area contributed by atoms with E-state index < -0.39 is 30.5 Å². The van der Waals surface area contributed by atoms with Crippen molar-refractivity contribution in [3.63, 3.8) is 0 Å². The summed E-state index contributed by atoms with van der Waals surface area (Å²) in [6.07, 6.45) is -0.860. The summed E-state index contributed by atoms with van der Waals surface area (Å²) in [6, 6.07) is 3.30. The average Bonchev–Trinajstić information content (AvgIpc) is 2.73. The molecular formula is C14H18NO6+. The molecule has 21 heavy (non-hydrogen) atoms. The molecule has 1 saturated heterocycles. The fraction of sp³-hybridized carbons (Fsp3) is 0.500. The minimum atomic E-state index is -1.18. The Morgan fingerprint density at radius 1 is 1.33 bits per heavy atom. The van der Waals surface area contributed by atoms with Gasteiger partial charge in [0.25, 0.3) is 6.23 Å². The zero-order valence-electron chi connectivity index (χ0n) is 11.8.